The van der Waals surface area contributed by atoms with Crippen molar-refractivity contribution >= 4 is 11.6 Å². The second kappa shape index (κ2) is 3.76. The van der Waals surface area contributed by atoms with E-state index in [9.17, 15) is 0 Å². The number of hydrogen-bond acceptors (Lipinski definition) is 3. The first-order valence-electron chi connectivity index (χ1n) is 5.00. The van der Waals surface area contributed by atoms with Gasteiger partial charge in [0.15, 0.2) is 5.82 Å². The number of aromatic amines is 1. The first-order chi connectivity index (χ1) is 7.20. The Morgan fingerprint density at radius 3 is 2.87 bits per heavy atom. The van der Waals surface area contributed by atoms with E-state index in [4.69, 9.17) is 0 Å². The molecule has 2 rings (SSSR count). The first kappa shape index (κ1) is 9.76. The fraction of sp³-hybridized carbons (Fsp3) is 0.400. The Balaban J connectivity index is 2.18. The molecule has 0 radical (unpaired) electrons. The van der Waals surface area contributed by atoms with Crippen LogP contribution in [0.2, 0.25) is 0 Å². The van der Waals surface area contributed by atoms with Crippen molar-refractivity contribution in [2.75, 3.05) is 5.32 Å². The van der Waals surface area contributed by atoms with E-state index in [1.165, 1.54) is 0 Å². The molecule has 15 heavy (non-hydrogen) atoms. The number of anilines is 2. The van der Waals surface area contributed by atoms with Crippen molar-refractivity contribution in [3.05, 3.63) is 23.8 Å². The van der Waals surface area contributed by atoms with Crippen molar-refractivity contribution in [1.82, 2.24) is 19.7 Å². The highest BCUT2D eigenvalue weighted by molar-refractivity contribution is 5.51. The number of H-pyrrole nitrogens is 1. The molecule has 0 aliphatic rings. The normalized spacial score (nSPS) is 10.6. The highest BCUT2D eigenvalue weighted by Crippen LogP contribution is 2.15. The van der Waals surface area contributed by atoms with Crippen molar-refractivity contribution < 1.29 is 0 Å². The van der Waals surface area contributed by atoms with Crippen LogP contribution in [0.5, 0.6) is 0 Å². The summed E-state index contributed by atoms with van der Waals surface area (Å²) in [6.45, 7) is 4.05. The highest BCUT2D eigenvalue weighted by atomic mass is 15.2. The van der Waals surface area contributed by atoms with Crippen LogP contribution in [0.1, 0.15) is 18.4 Å². The van der Waals surface area contributed by atoms with Gasteiger partial charge in [0.2, 0.25) is 0 Å². The number of aromatic nitrogens is 4. The minimum atomic E-state index is 0.829. The van der Waals surface area contributed by atoms with Gasteiger partial charge in [-0.25, -0.2) is 4.98 Å². The lowest BCUT2D eigenvalue weighted by Crippen LogP contribution is -1.99. The largest absolute Gasteiger partial charge is 0.324 e. The summed E-state index contributed by atoms with van der Waals surface area (Å²) in [4.78, 5) is 4.20. The SMILES string of the molecule is CCc1cc(Nc2cnc(C)n2C)n[nH]1. The zero-order valence-corrected chi connectivity index (χ0v) is 9.20. The fourth-order valence-electron chi connectivity index (χ4n) is 1.36. The molecule has 0 saturated heterocycles. The molecule has 5 nitrogen and oxygen atoms in total. The number of imidazole rings is 1. The maximum Gasteiger partial charge on any atom is 0.153 e. The summed E-state index contributed by atoms with van der Waals surface area (Å²) in [6, 6.07) is 2.00. The van der Waals surface area contributed by atoms with Crippen molar-refractivity contribution in [3.8, 4) is 0 Å². The van der Waals surface area contributed by atoms with Crippen LogP contribution in [0.25, 0.3) is 0 Å². The van der Waals surface area contributed by atoms with Gasteiger partial charge in [0.1, 0.15) is 11.6 Å². The number of nitrogens with zero attached hydrogens (tertiary/aromatic N) is 3. The Labute approximate surface area is 88.5 Å². The number of rotatable bonds is 3. The molecule has 2 heterocycles. The molecule has 0 aliphatic carbocycles. The third-order valence-electron chi connectivity index (χ3n) is 2.49. The second-order valence-electron chi connectivity index (χ2n) is 3.51. The molecule has 0 unspecified atom stereocenters. The highest BCUT2D eigenvalue weighted by Gasteiger charge is 2.04. The molecular formula is C10H15N5. The van der Waals surface area contributed by atoms with E-state index in [-0.39, 0.29) is 0 Å². The molecule has 0 bridgehead atoms. The lowest BCUT2D eigenvalue weighted by Gasteiger charge is -2.03. The standard InChI is InChI=1S/C10H15N5/c1-4-8-5-9(14-13-8)12-10-6-11-7(2)15(10)3/h5-6H,4H2,1-3H3,(H2,12,13,14). The van der Waals surface area contributed by atoms with E-state index in [0.717, 1.165) is 29.6 Å². The minimum absolute atomic E-state index is 0.829. The summed E-state index contributed by atoms with van der Waals surface area (Å²) >= 11 is 0. The van der Waals surface area contributed by atoms with Gasteiger partial charge < -0.3 is 9.88 Å². The van der Waals surface area contributed by atoms with E-state index in [2.05, 4.69) is 27.4 Å². The number of hydrogen-bond donors (Lipinski definition) is 2. The Morgan fingerprint density at radius 2 is 2.33 bits per heavy atom. The van der Waals surface area contributed by atoms with Crippen molar-refractivity contribution in [3.63, 3.8) is 0 Å². The molecule has 5 heteroatoms. The van der Waals surface area contributed by atoms with Crippen LogP contribution in [0.4, 0.5) is 11.6 Å². The topological polar surface area (TPSA) is 58.5 Å². The average molecular weight is 205 g/mol. The van der Waals surface area contributed by atoms with E-state index >= 15 is 0 Å². The smallest absolute Gasteiger partial charge is 0.153 e. The first-order valence-corrected chi connectivity index (χ1v) is 5.00. The van der Waals surface area contributed by atoms with Gasteiger partial charge in [-0.1, -0.05) is 6.92 Å². The zero-order chi connectivity index (χ0) is 10.8. The Bertz CT molecular complexity index is 454. The van der Waals surface area contributed by atoms with Gasteiger partial charge in [-0.2, -0.15) is 5.10 Å². The molecule has 0 amide bonds. The lowest BCUT2D eigenvalue weighted by atomic mass is 10.3. The van der Waals surface area contributed by atoms with E-state index in [0.29, 0.717) is 0 Å². The molecule has 2 aromatic heterocycles. The molecule has 0 fully saturated rings. The van der Waals surface area contributed by atoms with Gasteiger partial charge in [0.25, 0.3) is 0 Å². The lowest BCUT2D eigenvalue weighted by molar-refractivity contribution is 0.864. The summed E-state index contributed by atoms with van der Waals surface area (Å²) < 4.78 is 1.99. The molecule has 0 aromatic carbocycles. The van der Waals surface area contributed by atoms with Crippen LogP contribution in [-0.4, -0.2) is 19.7 Å². The zero-order valence-electron chi connectivity index (χ0n) is 9.20. The minimum Gasteiger partial charge on any atom is -0.324 e. The number of aryl methyl sites for hydroxylation is 2. The third kappa shape index (κ3) is 1.86. The molecule has 0 atom stereocenters. The van der Waals surface area contributed by atoms with Gasteiger partial charge in [-0.05, 0) is 13.3 Å². The molecule has 80 valence electrons. The molecule has 0 spiro atoms. The Morgan fingerprint density at radius 1 is 1.53 bits per heavy atom. The van der Waals surface area contributed by atoms with Crippen molar-refractivity contribution in [2.24, 2.45) is 7.05 Å². The van der Waals surface area contributed by atoms with Crippen LogP contribution in [0.15, 0.2) is 12.3 Å². The predicted octanol–water partition coefficient (Wildman–Crippen LogP) is 1.76. The molecular weight excluding hydrogens is 190 g/mol. The molecule has 0 aliphatic heterocycles. The Hall–Kier alpha value is -1.78. The third-order valence-corrected chi connectivity index (χ3v) is 2.49. The van der Waals surface area contributed by atoms with Crippen LogP contribution in [0, 0.1) is 6.92 Å². The van der Waals surface area contributed by atoms with E-state index < -0.39 is 0 Å². The summed E-state index contributed by atoms with van der Waals surface area (Å²) in [5.41, 5.74) is 1.12. The summed E-state index contributed by atoms with van der Waals surface area (Å²) in [5, 5.41) is 10.3. The van der Waals surface area contributed by atoms with Crippen LogP contribution >= 0.6 is 0 Å². The monoisotopic (exact) mass is 205 g/mol. The van der Waals surface area contributed by atoms with E-state index in [1.54, 1.807) is 6.20 Å². The molecule has 2 N–H and O–H groups in total. The molecule has 2 aromatic rings. The van der Waals surface area contributed by atoms with Crippen LogP contribution < -0.4 is 5.32 Å². The average Bonchev–Trinajstić information content (AvgIpc) is 2.80. The van der Waals surface area contributed by atoms with E-state index in [1.807, 2.05) is 24.6 Å². The summed E-state index contributed by atoms with van der Waals surface area (Å²) in [5.74, 6) is 2.75. The van der Waals surface area contributed by atoms with Gasteiger partial charge in [-0.3, -0.25) is 5.10 Å². The fourth-order valence-corrected chi connectivity index (χ4v) is 1.36. The Kier molecular flexibility index (Phi) is 2.45. The summed E-state index contributed by atoms with van der Waals surface area (Å²) in [6.07, 6.45) is 2.76. The predicted molar refractivity (Wildman–Crippen MR) is 59.2 cm³/mol. The van der Waals surface area contributed by atoms with Gasteiger partial charge in [-0.15, -0.1) is 0 Å². The summed E-state index contributed by atoms with van der Waals surface area (Å²) in [7, 11) is 1.97. The quantitative estimate of drug-likeness (QED) is 0.802. The maximum atomic E-state index is 4.20. The van der Waals surface area contributed by atoms with Gasteiger partial charge in [0.05, 0.1) is 6.20 Å². The van der Waals surface area contributed by atoms with Crippen molar-refractivity contribution in [1.29, 1.82) is 0 Å². The van der Waals surface area contributed by atoms with Crippen LogP contribution in [0.3, 0.4) is 0 Å². The number of nitrogens with one attached hydrogen (secondary N) is 2. The second-order valence-corrected chi connectivity index (χ2v) is 3.51. The van der Waals surface area contributed by atoms with Crippen molar-refractivity contribution in [2.45, 2.75) is 20.3 Å². The van der Waals surface area contributed by atoms with Crippen LogP contribution in [-0.2, 0) is 13.5 Å². The maximum absolute atomic E-state index is 4.20. The molecule has 0 saturated carbocycles. The van der Waals surface area contributed by atoms with Gasteiger partial charge in [0, 0.05) is 18.8 Å². The van der Waals surface area contributed by atoms with Gasteiger partial charge >= 0.3 is 0 Å².